The minimum absolute atomic E-state index is 0.176. The molecule has 6 heteroatoms. The van der Waals surface area contributed by atoms with Gasteiger partial charge in [0, 0.05) is 19.8 Å². The summed E-state index contributed by atoms with van der Waals surface area (Å²) in [6.07, 6.45) is 8.65. The molecule has 0 saturated heterocycles. The fraction of sp³-hybridized carbons (Fsp3) is 0.667. The van der Waals surface area contributed by atoms with Crippen LogP contribution in [0, 0.1) is 11.8 Å². The molecule has 24 heavy (non-hydrogen) atoms. The molecule has 0 atom stereocenters. The number of hydrogen-bond donors (Lipinski definition) is 2. The summed E-state index contributed by atoms with van der Waals surface area (Å²) >= 11 is 7.92. The molecule has 0 heterocycles. The van der Waals surface area contributed by atoms with E-state index >= 15 is 0 Å². The Hall–Kier alpha value is -0.620. The van der Waals surface area contributed by atoms with Gasteiger partial charge in [-0.15, -0.1) is 0 Å². The van der Waals surface area contributed by atoms with Gasteiger partial charge in [-0.1, -0.05) is 45.0 Å². The molecule has 4 nitrogen and oxygen atoms in total. The summed E-state index contributed by atoms with van der Waals surface area (Å²) < 4.78 is 1.06. The Morgan fingerprint density at radius 3 is 1.29 bits per heavy atom. The van der Waals surface area contributed by atoms with Crippen molar-refractivity contribution < 1.29 is 19.8 Å². The van der Waals surface area contributed by atoms with Crippen LogP contribution in [0.25, 0.3) is 0 Å². The van der Waals surface area contributed by atoms with E-state index in [2.05, 4.69) is 45.0 Å². The first-order valence-electron chi connectivity index (χ1n) is 8.01. The van der Waals surface area contributed by atoms with Crippen molar-refractivity contribution in [2.75, 3.05) is 0 Å². The number of carboxylic acids is 2. The molecule has 2 N–H and O–H groups in total. The lowest BCUT2D eigenvalue weighted by atomic mass is 9.56. The van der Waals surface area contributed by atoms with Crippen LogP contribution >= 0.6 is 31.9 Å². The Kier molecular flexibility index (Phi) is 7.29. The highest BCUT2D eigenvalue weighted by molar-refractivity contribution is 9.10. The van der Waals surface area contributed by atoms with Crippen molar-refractivity contribution in [3.05, 3.63) is 24.3 Å². The molecule has 4 rings (SSSR count). The van der Waals surface area contributed by atoms with E-state index in [9.17, 15) is 9.59 Å². The van der Waals surface area contributed by atoms with Crippen molar-refractivity contribution in [2.45, 2.75) is 61.0 Å². The van der Waals surface area contributed by atoms with Crippen LogP contribution in [-0.2, 0) is 9.59 Å². The van der Waals surface area contributed by atoms with Gasteiger partial charge >= 0.3 is 11.9 Å². The van der Waals surface area contributed by atoms with Gasteiger partial charge in [0.2, 0.25) is 0 Å². The van der Waals surface area contributed by atoms with Gasteiger partial charge in [-0.25, -0.2) is 9.59 Å². The Morgan fingerprint density at radius 2 is 1.12 bits per heavy atom. The molecule has 4 fully saturated rings. The fourth-order valence-corrected chi connectivity index (χ4v) is 7.32. The number of hydrogen-bond acceptors (Lipinski definition) is 2. The molecule has 4 saturated carbocycles. The maximum atomic E-state index is 9.60. The summed E-state index contributed by atoms with van der Waals surface area (Å²) in [5.41, 5.74) is 0.352. The average molecular weight is 466 g/mol. The first kappa shape index (κ1) is 21.4. The van der Waals surface area contributed by atoms with Crippen LogP contribution in [0.3, 0.4) is 0 Å². The van der Waals surface area contributed by atoms with Gasteiger partial charge in [0.25, 0.3) is 0 Å². The van der Waals surface area contributed by atoms with Crippen LogP contribution in [0.1, 0.15) is 52.4 Å². The third-order valence-electron chi connectivity index (χ3n) is 4.65. The molecule has 0 aromatic rings. The number of halogens is 2. The van der Waals surface area contributed by atoms with E-state index < -0.39 is 11.9 Å². The largest absolute Gasteiger partial charge is 0.478 e. The highest BCUT2D eigenvalue weighted by Gasteiger charge is 2.55. The van der Waals surface area contributed by atoms with E-state index in [0.717, 1.165) is 11.8 Å². The first-order valence-corrected chi connectivity index (χ1v) is 9.60. The van der Waals surface area contributed by atoms with Crippen LogP contribution < -0.4 is 0 Å². The summed E-state index contributed by atoms with van der Waals surface area (Å²) in [6, 6.07) is 0. The molecule has 4 bridgehead atoms. The molecule has 0 spiro atoms. The van der Waals surface area contributed by atoms with Crippen LogP contribution in [0.5, 0.6) is 0 Å². The van der Waals surface area contributed by atoms with Gasteiger partial charge in [0.1, 0.15) is 0 Å². The minimum Gasteiger partial charge on any atom is -0.478 e. The van der Waals surface area contributed by atoms with Crippen molar-refractivity contribution in [3.63, 3.8) is 0 Å². The van der Waals surface area contributed by atoms with Crippen molar-refractivity contribution >= 4 is 43.8 Å². The summed E-state index contributed by atoms with van der Waals surface area (Å²) in [7, 11) is 0. The van der Waals surface area contributed by atoms with E-state index in [1.807, 2.05) is 0 Å². The van der Waals surface area contributed by atoms with Crippen molar-refractivity contribution in [1.82, 2.24) is 0 Å². The van der Waals surface area contributed by atoms with Crippen LogP contribution in [-0.4, -0.2) is 30.8 Å². The third kappa shape index (κ3) is 6.36. The maximum absolute atomic E-state index is 9.60. The van der Waals surface area contributed by atoms with Crippen molar-refractivity contribution in [1.29, 1.82) is 0 Å². The Bertz CT molecular complexity index is 459. The minimum atomic E-state index is -0.935. The fourth-order valence-electron chi connectivity index (χ4n) is 4.04. The van der Waals surface area contributed by atoms with Crippen LogP contribution in [0.2, 0.25) is 0 Å². The smallest absolute Gasteiger partial charge is 0.330 e. The quantitative estimate of drug-likeness (QED) is 0.436. The van der Waals surface area contributed by atoms with Gasteiger partial charge in [-0.2, -0.15) is 0 Å². The lowest BCUT2D eigenvalue weighted by Gasteiger charge is -2.58. The molecule has 0 unspecified atom stereocenters. The molecule has 0 amide bonds. The molecular weight excluding hydrogens is 440 g/mol. The number of carbonyl (C=O) groups is 2. The summed E-state index contributed by atoms with van der Waals surface area (Å²) in [6.45, 7) is 9.20. The molecule has 0 aromatic carbocycles. The number of rotatable bonds is 2. The molecule has 136 valence electrons. The lowest BCUT2D eigenvalue weighted by Crippen LogP contribution is -2.53. The van der Waals surface area contributed by atoms with Crippen molar-refractivity contribution in [2.24, 2.45) is 11.8 Å². The predicted octanol–water partition coefficient (Wildman–Crippen LogP) is 5.16. The molecule has 0 aromatic heterocycles. The number of carboxylic acid groups (broad SMARTS) is 2. The lowest BCUT2D eigenvalue weighted by molar-refractivity contribution is -0.133. The highest BCUT2D eigenvalue weighted by atomic mass is 79.9. The third-order valence-corrected chi connectivity index (χ3v) is 6.50. The molecule has 4 aliphatic rings. The second kappa shape index (κ2) is 8.17. The molecule has 4 aliphatic carbocycles. The Labute approximate surface area is 160 Å². The van der Waals surface area contributed by atoms with Gasteiger partial charge in [0.15, 0.2) is 0 Å². The molecular formula is C18H26Br2O4. The number of aliphatic carboxylic acids is 2. The van der Waals surface area contributed by atoms with E-state index in [-0.39, 0.29) is 11.1 Å². The highest BCUT2D eigenvalue weighted by Crippen LogP contribution is 2.63. The summed E-state index contributed by atoms with van der Waals surface area (Å²) in [5, 5.41) is 15.8. The predicted molar refractivity (Wildman–Crippen MR) is 103 cm³/mol. The summed E-state index contributed by atoms with van der Waals surface area (Å²) in [5.74, 6) is 0.167. The normalized spacial score (nSPS) is 35.0. The first-order chi connectivity index (χ1) is 10.9. The zero-order valence-electron chi connectivity index (χ0n) is 14.3. The van der Waals surface area contributed by atoms with Crippen molar-refractivity contribution in [3.8, 4) is 0 Å². The monoisotopic (exact) mass is 464 g/mol. The topological polar surface area (TPSA) is 74.6 Å². The van der Waals surface area contributed by atoms with Gasteiger partial charge in [-0.3, -0.25) is 0 Å². The molecule has 0 radical (unpaired) electrons. The summed E-state index contributed by atoms with van der Waals surface area (Å²) in [4.78, 5) is 19.2. The van der Waals surface area contributed by atoms with Gasteiger partial charge < -0.3 is 10.2 Å². The zero-order chi connectivity index (χ0) is 18.7. The standard InChI is InChI=1S/C10H14Br2.2C4H6O2/c11-9-2-7-1-8(4-9)5-10(12,3-7)6-9;2*1-3(2)4(5)6/h7-8H,1-6H2;2*1H2,2H3,(H,5,6). The van der Waals surface area contributed by atoms with E-state index in [1.165, 1.54) is 52.4 Å². The second-order valence-corrected chi connectivity index (χ2v) is 10.8. The average Bonchev–Trinajstić information content (AvgIpc) is 2.35. The van der Waals surface area contributed by atoms with E-state index in [1.54, 1.807) is 0 Å². The van der Waals surface area contributed by atoms with E-state index in [0.29, 0.717) is 8.65 Å². The zero-order valence-corrected chi connectivity index (χ0v) is 17.5. The van der Waals surface area contributed by atoms with Crippen LogP contribution in [0.4, 0.5) is 0 Å². The Balaban J connectivity index is 0.000000207. The second-order valence-electron chi connectivity index (χ2n) is 7.43. The van der Waals surface area contributed by atoms with Crippen LogP contribution in [0.15, 0.2) is 24.3 Å². The maximum Gasteiger partial charge on any atom is 0.330 e. The molecule has 0 aliphatic heterocycles. The van der Waals surface area contributed by atoms with Gasteiger partial charge in [-0.05, 0) is 64.2 Å². The van der Waals surface area contributed by atoms with E-state index in [4.69, 9.17) is 10.2 Å². The number of alkyl halides is 2. The SMILES string of the molecule is BrC12CC3CC(C1)CC(Br)(C3)C2.C=C(C)C(=O)O.C=C(C)C(=O)O. The Morgan fingerprint density at radius 1 is 0.875 bits per heavy atom. The van der Waals surface area contributed by atoms with Gasteiger partial charge in [0.05, 0.1) is 0 Å².